The minimum absolute atomic E-state index is 0.0659. The molecule has 0 heterocycles. The molecular weight excluding hydrogens is 327 g/mol. The van der Waals surface area contributed by atoms with Crippen molar-refractivity contribution < 1.29 is 28.2 Å². The van der Waals surface area contributed by atoms with Crippen LogP contribution in [0.5, 0.6) is 0 Å². The number of nitrogens with zero attached hydrogens (tertiary/aromatic N) is 2. The quantitative estimate of drug-likeness (QED) is 0.195. The Balaban J connectivity index is 5.95. The average Bonchev–Trinajstić information content (AvgIpc) is 2.46. The molecule has 0 aromatic heterocycles. The number of hydrogen-bond donors (Lipinski definition) is 0. The Morgan fingerprint density at radius 2 is 1.83 bits per heavy atom. The number of rotatable bonds is 10. The average molecular weight is 350 g/mol. The van der Waals surface area contributed by atoms with Crippen LogP contribution >= 0.6 is 7.60 Å². The van der Waals surface area contributed by atoms with Gasteiger partial charge in [0.05, 0.1) is 13.2 Å². The lowest BCUT2D eigenvalue weighted by Crippen LogP contribution is -2.19. The molecule has 23 heavy (non-hydrogen) atoms. The molecule has 0 spiro atoms. The highest BCUT2D eigenvalue weighted by Crippen LogP contribution is 2.50. The number of carbonyl (C=O) groups excluding carboxylic acids is 1. The highest BCUT2D eigenvalue weighted by molar-refractivity contribution is 7.72. The highest BCUT2D eigenvalue weighted by Gasteiger charge is 2.33. The van der Waals surface area contributed by atoms with Gasteiger partial charge in [0, 0.05) is 24.3 Å². The molecule has 0 bridgehead atoms. The maximum atomic E-state index is 12.8. The molecule has 0 N–H and O–H groups in total. The SMILES string of the molecule is CCOP(=O)(OCC)C(/C=C(\CC)C(C)[N+](=O)[O-])=N\OC(C)=O. The first-order valence-electron chi connectivity index (χ1n) is 7.20. The molecule has 0 aliphatic rings. The summed E-state index contributed by atoms with van der Waals surface area (Å²) in [5.41, 5.74) is 0.0717. The highest BCUT2D eigenvalue weighted by atomic mass is 31.2. The molecule has 0 aromatic carbocycles. The second-order valence-electron chi connectivity index (χ2n) is 4.40. The number of allylic oxidation sites excluding steroid dienone is 1. The molecular formula is C13H23N2O7P. The van der Waals surface area contributed by atoms with Gasteiger partial charge in [-0.3, -0.25) is 14.7 Å². The van der Waals surface area contributed by atoms with E-state index in [4.69, 9.17) is 9.05 Å². The summed E-state index contributed by atoms with van der Waals surface area (Å²) >= 11 is 0. The van der Waals surface area contributed by atoms with Gasteiger partial charge in [-0.05, 0) is 26.3 Å². The fourth-order valence-electron chi connectivity index (χ4n) is 1.60. The van der Waals surface area contributed by atoms with Gasteiger partial charge in [0.25, 0.3) is 0 Å². The zero-order chi connectivity index (χ0) is 18.0. The lowest BCUT2D eigenvalue weighted by molar-refractivity contribution is -0.507. The van der Waals surface area contributed by atoms with Crippen molar-refractivity contribution in [2.24, 2.45) is 5.16 Å². The van der Waals surface area contributed by atoms with E-state index in [0.717, 1.165) is 6.92 Å². The molecule has 0 aliphatic heterocycles. The molecule has 10 heteroatoms. The second-order valence-corrected chi connectivity index (χ2v) is 6.37. The predicted molar refractivity (Wildman–Crippen MR) is 84.9 cm³/mol. The normalized spacial score (nSPS) is 14.5. The van der Waals surface area contributed by atoms with Crippen LogP contribution in [0.2, 0.25) is 0 Å². The minimum Gasteiger partial charge on any atom is -0.318 e. The zero-order valence-electron chi connectivity index (χ0n) is 14.0. The fraction of sp³-hybridized carbons (Fsp3) is 0.692. The van der Waals surface area contributed by atoms with E-state index >= 15 is 0 Å². The van der Waals surface area contributed by atoms with Crippen molar-refractivity contribution in [3.05, 3.63) is 21.8 Å². The Labute approximate surface area is 135 Å². The minimum atomic E-state index is -3.85. The Kier molecular flexibility index (Phi) is 9.55. The monoisotopic (exact) mass is 350 g/mol. The van der Waals surface area contributed by atoms with E-state index in [1.165, 1.54) is 13.0 Å². The summed E-state index contributed by atoms with van der Waals surface area (Å²) in [7, 11) is -3.85. The van der Waals surface area contributed by atoms with Gasteiger partial charge >= 0.3 is 13.6 Å². The van der Waals surface area contributed by atoms with Crippen LogP contribution in [-0.2, 0) is 23.2 Å². The van der Waals surface area contributed by atoms with E-state index in [1.54, 1.807) is 20.8 Å². The van der Waals surface area contributed by atoms with Crippen LogP contribution in [0.25, 0.3) is 0 Å². The lowest BCUT2D eigenvalue weighted by Gasteiger charge is -2.17. The van der Waals surface area contributed by atoms with Crippen molar-refractivity contribution in [2.75, 3.05) is 13.2 Å². The van der Waals surface area contributed by atoms with Crippen LogP contribution in [0.1, 0.15) is 41.0 Å². The van der Waals surface area contributed by atoms with Gasteiger partial charge in [0.1, 0.15) is 0 Å². The first kappa shape index (κ1) is 21.4. The third-order valence-corrected chi connectivity index (χ3v) is 4.69. The van der Waals surface area contributed by atoms with E-state index in [1.807, 2.05) is 0 Å². The smallest absolute Gasteiger partial charge is 0.318 e. The van der Waals surface area contributed by atoms with Crippen molar-refractivity contribution in [2.45, 2.75) is 47.1 Å². The summed E-state index contributed by atoms with van der Waals surface area (Å²) in [5, 5.41) is 14.5. The van der Waals surface area contributed by atoms with Crippen molar-refractivity contribution in [1.82, 2.24) is 0 Å². The molecule has 0 saturated heterocycles. The maximum Gasteiger partial charge on any atom is 0.382 e. The number of hydrogen-bond acceptors (Lipinski definition) is 8. The second kappa shape index (κ2) is 10.3. The molecule has 0 rings (SSSR count). The summed E-state index contributed by atoms with van der Waals surface area (Å²) in [5.74, 6) is -0.726. The maximum absolute atomic E-state index is 12.8. The third-order valence-electron chi connectivity index (χ3n) is 2.72. The van der Waals surface area contributed by atoms with Gasteiger partial charge in [-0.1, -0.05) is 12.1 Å². The Bertz CT molecular complexity index is 520. The van der Waals surface area contributed by atoms with Gasteiger partial charge in [0.2, 0.25) is 6.04 Å². The summed E-state index contributed by atoms with van der Waals surface area (Å²) < 4.78 is 23.1. The molecule has 0 saturated carbocycles. The summed E-state index contributed by atoms with van der Waals surface area (Å²) in [6, 6.07) is -1.01. The molecule has 0 aliphatic carbocycles. The van der Waals surface area contributed by atoms with Crippen LogP contribution in [0.15, 0.2) is 16.8 Å². The van der Waals surface area contributed by atoms with E-state index in [9.17, 15) is 19.5 Å². The topological polar surface area (TPSA) is 117 Å². The Hall–Kier alpha value is -1.57. The number of carbonyl (C=O) groups is 1. The van der Waals surface area contributed by atoms with Gasteiger partial charge < -0.3 is 13.9 Å². The first-order chi connectivity index (χ1) is 10.7. The van der Waals surface area contributed by atoms with Crippen molar-refractivity contribution >= 4 is 19.0 Å². The predicted octanol–water partition coefficient (Wildman–Crippen LogP) is 3.13. The van der Waals surface area contributed by atoms with E-state index in [2.05, 4.69) is 9.99 Å². The summed E-state index contributed by atoms with van der Waals surface area (Å²) in [6.07, 6.45) is 1.56. The zero-order valence-corrected chi connectivity index (χ0v) is 14.9. The Morgan fingerprint density at radius 1 is 1.30 bits per heavy atom. The van der Waals surface area contributed by atoms with Crippen LogP contribution in [-0.4, -0.2) is 35.6 Å². The van der Waals surface area contributed by atoms with Crippen LogP contribution in [0.3, 0.4) is 0 Å². The van der Waals surface area contributed by atoms with Gasteiger partial charge in [-0.15, -0.1) is 0 Å². The van der Waals surface area contributed by atoms with E-state index < -0.39 is 24.5 Å². The first-order valence-corrected chi connectivity index (χ1v) is 8.75. The molecule has 9 nitrogen and oxygen atoms in total. The molecule has 1 unspecified atom stereocenters. The van der Waals surface area contributed by atoms with E-state index in [0.29, 0.717) is 12.0 Å². The van der Waals surface area contributed by atoms with Crippen LogP contribution in [0, 0.1) is 10.1 Å². The van der Waals surface area contributed by atoms with Crippen LogP contribution < -0.4 is 0 Å². The van der Waals surface area contributed by atoms with Gasteiger partial charge in [0.15, 0.2) is 5.45 Å². The number of nitro groups is 1. The summed E-state index contributed by atoms with van der Waals surface area (Å²) in [6.45, 7) is 7.58. The third kappa shape index (κ3) is 7.02. The van der Waals surface area contributed by atoms with Crippen molar-refractivity contribution in [3.63, 3.8) is 0 Å². The molecule has 0 aromatic rings. The van der Waals surface area contributed by atoms with E-state index in [-0.39, 0.29) is 18.7 Å². The lowest BCUT2D eigenvalue weighted by atomic mass is 10.1. The van der Waals surface area contributed by atoms with Crippen molar-refractivity contribution in [3.8, 4) is 0 Å². The number of oxime groups is 1. The largest absolute Gasteiger partial charge is 0.382 e. The molecule has 0 fully saturated rings. The molecule has 0 radical (unpaired) electrons. The molecule has 0 amide bonds. The summed E-state index contributed by atoms with van der Waals surface area (Å²) in [4.78, 5) is 26.0. The van der Waals surface area contributed by atoms with Gasteiger partial charge in [-0.25, -0.2) is 4.79 Å². The fourth-order valence-corrected chi connectivity index (χ4v) is 3.08. The Morgan fingerprint density at radius 3 is 2.17 bits per heavy atom. The van der Waals surface area contributed by atoms with Crippen molar-refractivity contribution in [1.29, 1.82) is 0 Å². The van der Waals surface area contributed by atoms with Gasteiger partial charge in [-0.2, -0.15) is 0 Å². The van der Waals surface area contributed by atoms with Crippen LogP contribution in [0.4, 0.5) is 0 Å². The molecule has 132 valence electrons. The standard InChI is InChI=1S/C13H23N2O7P/c1-6-12(10(4)15(17)18)9-13(14-22-11(5)16)23(19,20-7-2)21-8-3/h9-10H,6-8H2,1-5H3/b12-9+,14-13-. The molecule has 1 atom stereocenters.